The van der Waals surface area contributed by atoms with Crippen LogP contribution in [0.15, 0.2) is 66.9 Å². The second-order valence-electron chi connectivity index (χ2n) is 7.82. The van der Waals surface area contributed by atoms with Crippen LogP contribution in [0.5, 0.6) is 0 Å². The number of aliphatic hydroxyl groups is 1. The summed E-state index contributed by atoms with van der Waals surface area (Å²) in [6.07, 6.45) is 4.21. The van der Waals surface area contributed by atoms with Gasteiger partial charge in [0, 0.05) is 24.8 Å². The maximum absolute atomic E-state index is 12.9. The molecule has 2 amide bonds. The van der Waals surface area contributed by atoms with Crippen molar-refractivity contribution < 1.29 is 14.7 Å². The molecule has 2 heterocycles. The first-order valence-electron chi connectivity index (χ1n) is 10.5. The lowest BCUT2D eigenvalue weighted by molar-refractivity contribution is -0.162. The minimum absolute atomic E-state index is 0.212. The lowest BCUT2D eigenvalue weighted by Crippen LogP contribution is -2.59. The zero-order valence-corrected chi connectivity index (χ0v) is 17.3. The maximum Gasteiger partial charge on any atom is 0.273 e. The van der Waals surface area contributed by atoms with E-state index >= 15 is 0 Å². The van der Waals surface area contributed by atoms with Gasteiger partial charge in [0.1, 0.15) is 0 Å². The van der Waals surface area contributed by atoms with E-state index in [4.69, 9.17) is 0 Å². The highest BCUT2D eigenvalue weighted by Gasteiger charge is 2.47. The Hall–Kier alpha value is -3.29. The van der Waals surface area contributed by atoms with Crippen molar-refractivity contribution in [2.45, 2.75) is 37.8 Å². The second-order valence-corrected chi connectivity index (χ2v) is 7.82. The molecule has 0 unspecified atom stereocenters. The number of hydrogen-bond donors (Lipinski definition) is 3. The molecule has 31 heavy (non-hydrogen) atoms. The fraction of sp³-hybridized carbons (Fsp3) is 0.292. The molecule has 1 atom stereocenters. The number of para-hydroxylation sites is 1. The molecule has 160 valence electrons. The fourth-order valence-electron chi connectivity index (χ4n) is 3.86. The highest BCUT2D eigenvalue weighted by Crippen LogP contribution is 2.27. The molecule has 7 heteroatoms. The quantitative estimate of drug-likeness (QED) is 0.548. The number of carbonyl (C=O) groups is 2. The summed E-state index contributed by atoms with van der Waals surface area (Å²) < 4.78 is 0. The van der Waals surface area contributed by atoms with Gasteiger partial charge in [-0.1, -0.05) is 48.5 Å². The maximum atomic E-state index is 12.9. The van der Waals surface area contributed by atoms with Gasteiger partial charge in [-0.25, -0.2) is 0 Å². The van der Waals surface area contributed by atoms with Gasteiger partial charge in [-0.3, -0.25) is 20.0 Å². The highest BCUT2D eigenvalue weighted by molar-refractivity contribution is 5.98. The molecule has 7 nitrogen and oxygen atoms in total. The Morgan fingerprint density at radius 3 is 2.71 bits per heavy atom. The third kappa shape index (κ3) is 4.90. The normalized spacial score (nSPS) is 18.7. The third-order valence-electron chi connectivity index (χ3n) is 5.54. The molecule has 1 fully saturated rings. The topological polar surface area (TPSA) is 94.6 Å². The number of nitrogens with one attached hydrogen (secondary N) is 2. The van der Waals surface area contributed by atoms with Crippen LogP contribution < -0.4 is 10.7 Å². The Labute approximate surface area is 181 Å². The fourth-order valence-corrected chi connectivity index (χ4v) is 3.86. The number of carbonyl (C=O) groups excluding carboxylic acids is 2. The first-order valence-corrected chi connectivity index (χ1v) is 10.5. The van der Waals surface area contributed by atoms with E-state index in [0.29, 0.717) is 31.5 Å². The molecule has 2 aromatic carbocycles. The summed E-state index contributed by atoms with van der Waals surface area (Å²) in [7, 11) is 0. The molecule has 3 N–H and O–H groups in total. The molecule has 0 aliphatic carbocycles. The summed E-state index contributed by atoms with van der Waals surface area (Å²) in [5, 5.41) is 16.0. The van der Waals surface area contributed by atoms with Gasteiger partial charge in [0.25, 0.3) is 5.91 Å². The van der Waals surface area contributed by atoms with Gasteiger partial charge in [0.15, 0.2) is 0 Å². The molecule has 4 rings (SSSR count). The predicted octanol–water partition coefficient (Wildman–Crippen LogP) is 3.01. The van der Waals surface area contributed by atoms with Gasteiger partial charge in [0.05, 0.1) is 17.4 Å². The van der Waals surface area contributed by atoms with Crippen molar-refractivity contribution in [1.29, 1.82) is 0 Å². The van der Waals surface area contributed by atoms with E-state index in [1.54, 1.807) is 6.20 Å². The molecule has 1 aliphatic heterocycles. The van der Waals surface area contributed by atoms with Gasteiger partial charge < -0.3 is 10.4 Å². The monoisotopic (exact) mass is 418 g/mol. The van der Waals surface area contributed by atoms with Crippen LogP contribution in [-0.4, -0.2) is 39.2 Å². The van der Waals surface area contributed by atoms with Crippen LogP contribution in [-0.2, 0) is 16.0 Å². The van der Waals surface area contributed by atoms with Crippen LogP contribution in [0.2, 0.25) is 0 Å². The number of benzene rings is 2. The van der Waals surface area contributed by atoms with Gasteiger partial charge in [-0.05, 0) is 37.0 Å². The van der Waals surface area contributed by atoms with E-state index in [1.165, 1.54) is 10.6 Å². The molecule has 1 aromatic heterocycles. The molecule has 3 aromatic rings. The zero-order valence-electron chi connectivity index (χ0n) is 17.3. The Balaban J connectivity index is 1.35. The van der Waals surface area contributed by atoms with Crippen LogP contribution in [0.3, 0.4) is 0 Å². The summed E-state index contributed by atoms with van der Waals surface area (Å²) >= 11 is 0. The van der Waals surface area contributed by atoms with E-state index in [2.05, 4.69) is 15.7 Å². The molecule has 0 bridgehead atoms. The minimum atomic E-state index is -1.79. The predicted molar refractivity (Wildman–Crippen MR) is 119 cm³/mol. The number of pyridine rings is 1. The summed E-state index contributed by atoms with van der Waals surface area (Å²) in [5.41, 5.74) is 3.43. The molecule has 1 aliphatic rings. The number of fused-ring (bicyclic) bond motifs is 1. The lowest BCUT2D eigenvalue weighted by Gasteiger charge is -2.32. The van der Waals surface area contributed by atoms with Crippen LogP contribution >= 0.6 is 0 Å². The molecule has 0 spiro atoms. The first kappa shape index (κ1) is 21.0. The number of anilines is 1. The smallest absolute Gasteiger partial charge is 0.273 e. The number of amides is 2. The van der Waals surface area contributed by atoms with E-state index in [1.807, 2.05) is 60.7 Å². The van der Waals surface area contributed by atoms with Crippen LogP contribution in [0.25, 0.3) is 10.9 Å². The van der Waals surface area contributed by atoms with Gasteiger partial charge in [-0.15, -0.1) is 0 Å². The number of hydrazine groups is 1. The number of rotatable bonds is 7. The third-order valence-corrected chi connectivity index (χ3v) is 5.54. The lowest BCUT2D eigenvalue weighted by atomic mass is 10.1. The Kier molecular flexibility index (Phi) is 6.25. The molecule has 0 radical (unpaired) electrons. The molecule has 0 saturated carbocycles. The second kappa shape index (κ2) is 9.24. The van der Waals surface area contributed by atoms with Crippen LogP contribution in [0, 0.1) is 0 Å². The molecular weight excluding hydrogens is 392 g/mol. The van der Waals surface area contributed by atoms with E-state index in [9.17, 15) is 14.7 Å². The van der Waals surface area contributed by atoms with Gasteiger partial charge in [0.2, 0.25) is 11.6 Å². The van der Waals surface area contributed by atoms with Crippen LogP contribution in [0.1, 0.15) is 31.2 Å². The van der Waals surface area contributed by atoms with Crippen molar-refractivity contribution in [3.8, 4) is 0 Å². The zero-order chi connectivity index (χ0) is 21.7. The van der Waals surface area contributed by atoms with E-state index in [0.717, 1.165) is 17.3 Å². The van der Waals surface area contributed by atoms with Crippen molar-refractivity contribution in [2.24, 2.45) is 0 Å². The standard InChI is InChI=1S/C24H26N4O3/c29-22(13-6-10-18-8-2-1-3-9-18)27-28-15-7-14-24(28,31)23(30)26-20-16-19-11-4-5-12-21(19)25-17-20/h1-5,8-9,11-12,16-17,31H,6-7,10,13-15H2,(H,26,30)(H,27,29)/t24-/m1/s1. The Morgan fingerprint density at radius 2 is 1.87 bits per heavy atom. The highest BCUT2D eigenvalue weighted by atomic mass is 16.3. The minimum Gasteiger partial charge on any atom is -0.366 e. The molecule has 1 saturated heterocycles. The van der Waals surface area contributed by atoms with Crippen molar-refractivity contribution in [2.75, 3.05) is 11.9 Å². The average Bonchev–Trinajstić information content (AvgIpc) is 3.15. The Morgan fingerprint density at radius 1 is 1.10 bits per heavy atom. The van der Waals surface area contributed by atoms with Crippen molar-refractivity contribution in [3.05, 3.63) is 72.4 Å². The van der Waals surface area contributed by atoms with Gasteiger partial charge in [-0.2, -0.15) is 5.01 Å². The SMILES string of the molecule is O=C(CCCc1ccccc1)NN1CCC[C@@]1(O)C(=O)Nc1cnc2ccccc2c1. The van der Waals surface area contributed by atoms with Gasteiger partial charge >= 0.3 is 0 Å². The van der Waals surface area contributed by atoms with Crippen molar-refractivity contribution in [1.82, 2.24) is 15.4 Å². The first-order chi connectivity index (χ1) is 15.0. The Bertz CT molecular complexity index is 1070. The summed E-state index contributed by atoms with van der Waals surface area (Å²) in [6.45, 7) is 0.407. The summed E-state index contributed by atoms with van der Waals surface area (Å²) in [4.78, 5) is 29.6. The average molecular weight is 418 g/mol. The summed E-state index contributed by atoms with van der Waals surface area (Å²) in [5.74, 6) is -0.789. The number of aryl methyl sites for hydroxylation is 1. The van der Waals surface area contributed by atoms with E-state index < -0.39 is 11.6 Å². The van der Waals surface area contributed by atoms with Crippen LogP contribution in [0.4, 0.5) is 5.69 Å². The summed E-state index contributed by atoms with van der Waals surface area (Å²) in [6, 6.07) is 19.4. The van der Waals surface area contributed by atoms with E-state index in [-0.39, 0.29) is 12.3 Å². The number of aromatic nitrogens is 1. The van der Waals surface area contributed by atoms with Crippen molar-refractivity contribution >= 4 is 28.4 Å². The largest absolute Gasteiger partial charge is 0.366 e. The van der Waals surface area contributed by atoms with Crippen molar-refractivity contribution in [3.63, 3.8) is 0 Å². The number of hydrogen-bond acceptors (Lipinski definition) is 5. The number of nitrogens with zero attached hydrogens (tertiary/aromatic N) is 2. The molecular formula is C24H26N4O3.